The smallest absolute Gasteiger partial charge is 0.0904 e. The van der Waals surface area contributed by atoms with Gasteiger partial charge in [-0.25, -0.2) is 0 Å². The molecule has 0 unspecified atom stereocenters. The van der Waals surface area contributed by atoms with Crippen molar-refractivity contribution in [2.75, 3.05) is 98.6 Å². The van der Waals surface area contributed by atoms with E-state index in [1.807, 2.05) is 0 Å². The predicted octanol–water partition coefficient (Wildman–Crippen LogP) is 18.9. The molecule has 0 aromatic heterocycles. The number of anilines is 4. The van der Waals surface area contributed by atoms with E-state index in [9.17, 15) is 0 Å². The lowest BCUT2D eigenvalue weighted by atomic mass is 9.52. The van der Waals surface area contributed by atoms with Crippen molar-refractivity contribution < 1.29 is 0 Å². The van der Waals surface area contributed by atoms with Crippen molar-refractivity contribution in [2.24, 2.45) is 35.5 Å². The highest BCUT2D eigenvalue weighted by molar-refractivity contribution is 5.69. The predicted molar refractivity (Wildman–Crippen MR) is 388 cm³/mol. The lowest BCUT2D eigenvalue weighted by molar-refractivity contribution is -0.111. The summed E-state index contributed by atoms with van der Waals surface area (Å²) in [7, 11) is 0. The maximum absolute atomic E-state index is 3.04. The third-order valence-electron chi connectivity index (χ3n) is 24.4. The minimum Gasteiger partial charge on any atom is -0.352 e. The first kappa shape index (κ1) is 67.3. The third kappa shape index (κ3) is 14.2. The lowest BCUT2D eigenvalue weighted by Crippen LogP contribution is -2.62. The van der Waals surface area contributed by atoms with E-state index in [1.54, 1.807) is 77.0 Å². The van der Waals surface area contributed by atoms with Crippen LogP contribution in [0.4, 0.5) is 22.7 Å². The van der Waals surface area contributed by atoms with Crippen LogP contribution < -0.4 is 19.6 Å². The average molecular weight is 1230 g/mol. The largest absolute Gasteiger partial charge is 0.352 e. The van der Waals surface area contributed by atoms with Crippen LogP contribution in [0.5, 0.6) is 0 Å². The molecule has 8 saturated carbocycles. The Morgan fingerprint density at radius 3 is 0.822 bits per heavy atom. The van der Waals surface area contributed by atoms with E-state index in [4.69, 9.17) is 0 Å². The average Bonchev–Trinajstić information content (AvgIpc) is 1.49. The topological polar surface area (TPSA) is 25.9 Å². The fraction of sp³-hybridized carbons (Fsp3) is 0.707. The molecule has 16 rings (SSSR count). The normalized spacial score (nSPS) is 28.5. The SMILES string of the molecule is C1C2CC3CC1CC(N1CCN(C45CC6CC(CC(C6)C4)C5)C1)(C2)C3.CC(C)(C)N1CCN(C(C)(C)C)C1.CC(C)c1cccc(C(C)C)c1N1CCN(c2c(C(C)C)cccc2C(C)C)C1.Cc1cc(C)c(N2CCN(c3c(C)cc(C)cc3C)C2)c(C)c1. The van der Waals surface area contributed by atoms with Gasteiger partial charge in [0.2, 0.25) is 0 Å². The molecule has 12 fully saturated rings. The zero-order chi connectivity index (χ0) is 64.5. The first-order chi connectivity index (χ1) is 42.5. The van der Waals surface area contributed by atoms with Crippen molar-refractivity contribution in [3.8, 4) is 0 Å². The van der Waals surface area contributed by atoms with Crippen LogP contribution in [0.2, 0.25) is 0 Å². The van der Waals surface area contributed by atoms with Gasteiger partial charge in [0.05, 0.1) is 26.7 Å². The Hall–Kier alpha value is -4.08. The number of rotatable bonds is 10. The molecule has 12 aliphatic rings. The first-order valence-corrected chi connectivity index (χ1v) is 36.9. The standard InChI is InChI=1S/C27H40N2.C23H36N2.C21H28N2.C11H24N2/c1-18(2)22-11-9-12-23(19(3)4)26(22)28-15-16-29(17-28)27-24(20(5)6)13-10-14-25(27)21(7)8;1-2-25(23-12-19-6-20(13-23)8-21(7-19)14-23)15-24(1)22-9-16-3-17(10-22)5-18(4-16)11-22;1-14-9-16(3)20(17(4)10-14)22-7-8-23(13-22)21-18(5)11-15(2)12-19(21)6;1-10(2,3)12-7-8-13(9-12)11(4,5)6/h9-14,18-21H,15-17H2,1-8H3;16-21H,1-15H2;9-12H,7-8,13H2,1-6H3;7-9H2,1-6H3. The number of benzene rings is 4. The molecule has 0 radical (unpaired) electrons. The summed E-state index contributed by atoms with van der Waals surface area (Å²) < 4.78 is 0. The van der Waals surface area contributed by atoms with Gasteiger partial charge < -0.3 is 19.6 Å². The maximum atomic E-state index is 3.04. The number of nitrogens with zero attached hydrogens (tertiary/aromatic N) is 8. The van der Waals surface area contributed by atoms with Crippen LogP contribution in [0.25, 0.3) is 0 Å². The molecule has 4 saturated heterocycles. The summed E-state index contributed by atoms with van der Waals surface area (Å²) >= 11 is 0. The van der Waals surface area contributed by atoms with Crippen molar-refractivity contribution >= 4 is 22.7 Å². The van der Waals surface area contributed by atoms with Crippen molar-refractivity contribution in [3.63, 3.8) is 0 Å². The molecule has 0 atom stereocenters. The van der Waals surface area contributed by atoms with Gasteiger partial charge in [0.15, 0.2) is 0 Å². The Morgan fingerprint density at radius 2 is 0.589 bits per heavy atom. The highest BCUT2D eigenvalue weighted by atomic mass is 15.4. The summed E-state index contributed by atoms with van der Waals surface area (Å²) in [6.45, 7) is 59.6. The highest BCUT2D eigenvalue weighted by Gasteiger charge is 2.58. The van der Waals surface area contributed by atoms with Gasteiger partial charge in [0.1, 0.15) is 0 Å². The molecule has 4 aromatic rings. The zero-order valence-electron chi connectivity index (χ0n) is 61.1. The van der Waals surface area contributed by atoms with Gasteiger partial charge in [0, 0.05) is 97.3 Å². The molecule has 4 heterocycles. The Kier molecular flexibility index (Phi) is 19.9. The van der Waals surface area contributed by atoms with Gasteiger partial charge in [-0.05, 0) is 264 Å². The monoisotopic (exact) mass is 1230 g/mol. The molecule has 8 nitrogen and oxygen atoms in total. The number of hydrogen-bond donors (Lipinski definition) is 0. The number of para-hydroxylation sites is 2. The zero-order valence-corrected chi connectivity index (χ0v) is 61.1. The van der Waals surface area contributed by atoms with E-state index in [0.717, 1.165) is 81.7 Å². The van der Waals surface area contributed by atoms with Gasteiger partial charge in [-0.15, -0.1) is 0 Å². The van der Waals surface area contributed by atoms with E-state index < -0.39 is 0 Å². The van der Waals surface area contributed by atoms with E-state index in [-0.39, 0.29) is 0 Å². The maximum Gasteiger partial charge on any atom is 0.0904 e. The molecular formula is C82H128N8. The van der Waals surface area contributed by atoms with Gasteiger partial charge in [0.25, 0.3) is 0 Å². The summed E-state index contributed by atoms with van der Waals surface area (Å²) in [5, 5.41) is 0. The Labute approximate surface area is 551 Å². The lowest BCUT2D eigenvalue weighted by Gasteiger charge is -2.61. The van der Waals surface area contributed by atoms with E-state index in [2.05, 4.69) is 238 Å². The highest BCUT2D eigenvalue weighted by Crippen LogP contribution is 2.61. The minimum atomic E-state index is 0.319. The Balaban J connectivity index is 0.000000127. The molecule has 90 heavy (non-hydrogen) atoms. The molecule has 0 amide bonds. The van der Waals surface area contributed by atoms with Crippen molar-refractivity contribution in [2.45, 2.75) is 261 Å². The van der Waals surface area contributed by atoms with Gasteiger partial charge in [-0.3, -0.25) is 19.6 Å². The van der Waals surface area contributed by atoms with E-state index in [0.29, 0.717) is 45.8 Å². The Bertz CT molecular complexity index is 2740. The second-order valence-electron chi connectivity index (χ2n) is 35.0. The van der Waals surface area contributed by atoms with Crippen LogP contribution >= 0.6 is 0 Å². The molecule has 8 bridgehead atoms. The summed E-state index contributed by atoms with van der Waals surface area (Å²) in [5.41, 5.74) is 21.9. The first-order valence-electron chi connectivity index (χ1n) is 36.9. The van der Waals surface area contributed by atoms with Gasteiger partial charge in [-0.1, -0.05) is 127 Å². The van der Waals surface area contributed by atoms with Gasteiger partial charge >= 0.3 is 0 Å². The molecule has 0 spiro atoms. The van der Waals surface area contributed by atoms with Crippen LogP contribution in [0, 0.1) is 77.0 Å². The molecule has 4 aromatic carbocycles. The summed E-state index contributed by atoms with van der Waals surface area (Å²) in [6.07, 6.45) is 18.9. The third-order valence-corrected chi connectivity index (χ3v) is 24.4. The van der Waals surface area contributed by atoms with E-state index >= 15 is 0 Å². The van der Waals surface area contributed by atoms with E-state index in [1.165, 1.54) is 111 Å². The number of hydrogen-bond acceptors (Lipinski definition) is 8. The van der Waals surface area contributed by atoms with Crippen molar-refractivity contribution in [1.29, 1.82) is 0 Å². The van der Waals surface area contributed by atoms with Crippen LogP contribution in [0.15, 0.2) is 60.7 Å². The molecule has 8 aliphatic carbocycles. The van der Waals surface area contributed by atoms with Crippen LogP contribution in [-0.2, 0) is 0 Å². The number of aryl methyl sites for hydroxylation is 6. The molecule has 496 valence electrons. The summed E-state index contributed by atoms with van der Waals surface area (Å²) in [5.74, 6) is 8.72. The van der Waals surface area contributed by atoms with Crippen molar-refractivity contribution in [1.82, 2.24) is 19.6 Å². The quantitative estimate of drug-likeness (QED) is 0.155. The molecule has 0 N–H and O–H groups in total. The summed E-state index contributed by atoms with van der Waals surface area (Å²) in [6, 6.07) is 23.0. The van der Waals surface area contributed by atoms with Crippen LogP contribution in [-0.4, -0.2) is 121 Å². The Morgan fingerprint density at radius 1 is 0.333 bits per heavy atom. The van der Waals surface area contributed by atoms with Crippen LogP contribution in [0.1, 0.15) is 253 Å². The second-order valence-corrected chi connectivity index (χ2v) is 35.0. The van der Waals surface area contributed by atoms with Crippen molar-refractivity contribution in [3.05, 3.63) is 116 Å². The fourth-order valence-electron chi connectivity index (χ4n) is 21.0. The molecule has 8 heteroatoms. The van der Waals surface area contributed by atoms with Crippen LogP contribution in [0.3, 0.4) is 0 Å². The molecular weight excluding hydrogens is 1100 g/mol. The molecule has 4 aliphatic heterocycles. The fourth-order valence-corrected chi connectivity index (χ4v) is 21.0. The summed E-state index contributed by atoms with van der Waals surface area (Å²) in [4.78, 5) is 21.5. The minimum absolute atomic E-state index is 0.319. The second kappa shape index (κ2) is 26.6. The van der Waals surface area contributed by atoms with Gasteiger partial charge in [-0.2, -0.15) is 0 Å².